The molecule has 1 aromatic carbocycles. The summed E-state index contributed by atoms with van der Waals surface area (Å²) in [6, 6.07) is 5.50. The van der Waals surface area contributed by atoms with Crippen molar-refractivity contribution in [3.05, 3.63) is 29.5 Å². The largest absolute Gasteiger partial charge is 0.497 e. The van der Waals surface area contributed by atoms with Gasteiger partial charge in [0.15, 0.2) is 5.69 Å². The lowest BCUT2D eigenvalue weighted by Crippen LogP contribution is -2.07. The molecule has 0 amide bonds. The second-order valence-electron chi connectivity index (χ2n) is 4.73. The first kappa shape index (κ1) is 15.9. The van der Waals surface area contributed by atoms with Gasteiger partial charge in [0.25, 0.3) is 0 Å². The van der Waals surface area contributed by atoms with E-state index in [4.69, 9.17) is 14.2 Å². The zero-order valence-corrected chi connectivity index (χ0v) is 13.5. The van der Waals surface area contributed by atoms with Gasteiger partial charge in [-0.25, -0.2) is 4.79 Å². The molecular weight excluding hydrogens is 284 g/mol. The molecule has 1 heterocycles. The summed E-state index contributed by atoms with van der Waals surface area (Å²) in [6.07, 6.45) is 0. The van der Waals surface area contributed by atoms with Gasteiger partial charge in [-0.2, -0.15) is 5.10 Å². The van der Waals surface area contributed by atoms with Gasteiger partial charge in [0.1, 0.15) is 11.5 Å². The number of carbonyl (C=O) groups excluding carboxylic acids is 1. The predicted octanol–water partition coefficient (Wildman–Crippen LogP) is 2.59. The van der Waals surface area contributed by atoms with Gasteiger partial charge in [0.05, 0.1) is 26.5 Å². The maximum Gasteiger partial charge on any atom is 0.359 e. The smallest absolute Gasteiger partial charge is 0.359 e. The van der Waals surface area contributed by atoms with E-state index in [0.29, 0.717) is 23.8 Å². The maximum absolute atomic E-state index is 12.0. The minimum atomic E-state index is -0.427. The third kappa shape index (κ3) is 2.77. The Morgan fingerprint density at radius 2 is 2.00 bits per heavy atom. The Balaban J connectivity index is 2.60. The summed E-state index contributed by atoms with van der Waals surface area (Å²) in [6.45, 7) is 3.92. The van der Waals surface area contributed by atoms with Crippen LogP contribution in [0.2, 0.25) is 0 Å². The quantitative estimate of drug-likeness (QED) is 0.795. The Morgan fingerprint density at radius 1 is 1.27 bits per heavy atom. The van der Waals surface area contributed by atoms with E-state index in [0.717, 1.165) is 16.8 Å². The molecule has 0 spiro atoms. The average Bonchev–Trinajstić information content (AvgIpc) is 2.81. The molecule has 1 aromatic heterocycles. The van der Waals surface area contributed by atoms with Gasteiger partial charge in [0.2, 0.25) is 0 Å². The molecule has 118 valence electrons. The summed E-state index contributed by atoms with van der Waals surface area (Å²) >= 11 is 0. The number of aryl methyl sites for hydroxylation is 1. The van der Waals surface area contributed by atoms with Crippen LogP contribution in [-0.2, 0) is 11.8 Å². The van der Waals surface area contributed by atoms with Crippen LogP contribution in [0.25, 0.3) is 11.3 Å². The molecule has 0 saturated heterocycles. The third-order valence-corrected chi connectivity index (χ3v) is 3.41. The van der Waals surface area contributed by atoms with Crippen LogP contribution in [0.15, 0.2) is 18.2 Å². The highest BCUT2D eigenvalue weighted by Crippen LogP contribution is 2.36. The Morgan fingerprint density at radius 3 is 2.59 bits per heavy atom. The van der Waals surface area contributed by atoms with Crippen LogP contribution in [0.5, 0.6) is 11.5 Å². The number of hydrogen-bond donors (Lipinski definition) is 0. The van der Waals surface area contributed by atoms with Crippen LogP contribution < -0.4 is 9.47 Å². The first-order valence-corrected chi connectivity index (χ1v) is 6.96. The van der Waals surface area contributed by atoms with Gasteiger partial charge < -0.3 is 14.2 Å². The van der Waals surface area contributed by atoms with Crippen molar-refractivity contribution in [2.75, 3.05) is 20.8 Å². The van der Waals surface area contributed by atoms with E-state index < -0.39 is 5.97 Å². The van der Waals surface area contributed by atoms with Gasteiger partial charge >= 0.3 is 5.97 Å². The van der Waals surface area contributed by atoms with Gasteiger partial charge in [-0.05, 0) is 32.0 Å². The highest BCUT2D eigenvalue weighted by molar-refractivity contribution is 5.91. The van der Waals surface area contributed by atoms with E-state index >= 15 is 0 Å². The van der Waals surface area contributed by atoms with Gasteiger partial charge in [-0.3, -0.25) is 4.68 Å². The molecular formula is C16H20N2O4. The molecule has 0 unspecified atom stereocenters. The van der Waals surface area contributed by atoms with Crippen molar-refractivity contribution in [2.45, 2.75) is 13.8 Å². The van der Waals surface area contributed by atoms with E-state index in [1.807, 2.05) is 25.1 Å². The predicted molar refractivity (Wildman–Crippen MR) is 82.4 cm³/mol. The fraction of sp³-hybridized carbons (Fsp3) is 0.375. The van der Waals surface area contributed by atoms with Crippen LogP contribution in [0.1, 0.15) is 23.0 Å². The molecule has 2 aromatic rings. The molecule has 0 atom stereocenters. The number of hydrogen-bond acceptors (Lipinski definition) is 5. The first-order chi connectivity index (χ1) is 10.5. The van der Waals surface area contributed by atoms with Crippen molar-refractivity contribution >= 4 is 5.97 Å². The monoisotopic (exact) mass is 304 g/mol. The number of nitrogens with zero attached hydrogens (tertiary/aromatic N) is 2. The summed E-state index contributed by atoms with van der Waals surface area (Å²) < 4.78 is 17.4. The second kappa shape index (κ2) is 6.51. The molecule has 0 aliphatic carbocycles. The number of carbonyl (C=O) groups is 1. The van der Waals surface area contributed by atoms with E-state index in [1.54, 1.807) is 32.9 Å². The van der Waals surface area contributed by atoms with Gasteiger partial charge in [-0.1, -0.05) is 0 Å². The number of esters is 1. The van der Waals surface area contributed by atoms with E-state index in [-0.39, 0.29) is 0 Å². The molecule has 22 heavy (non-hydrogen) atoms. The van der Waals surface area contributed by atoms with Crippen LogP contribution in [0.3, 0.4) is 0 Å². The van der Waals surface area contributed by atoms with Crippen molar-refractivity contribution in [3.8, 4) is 22.8 Å². The van der Waals surface area contributed by atoms with Crippen molar-refractivity contribution in [1.29, 1.82) is 0 Å². The first-order valence-electron chi connectivity index (χ1n) is 6.96. The van der Waals surface area contributed by atoms with Crippen molar-refractivity contribution in [1.82, 2.24) is 9.78 Å². The van der Waals surface area contributed by atoms with Crippen LogP contribution in [0, 0.1) is 6.92 Å². The number of ether oxygens (including phenoxy) is 3. The minimum Gasteiger partial charge on any atom is -0.497 e. The van der Waals surface area contributed by atoms with Crippen LogP contribution in [0.4, 0.5) is 0 Å². The summed E-state index contributed by atoms with van der Waals surface area (Å²) in [5.74, 6) is 0.958. The van der Waals surface area contributed by atoms with Gasteiger partial charge in [0, 0.05) is 18.2 Å². The zero-order chi connectivity index (χ0) is 16.3. The Labute approximate surface area is 129 Å². The van der Waals surface area contributed by atoms with Crippen molar-refractivity contribution in [2.24, 2.45) is 7.05 Å². The maximum atomic E-state index is 12.0. The number of aromatic nitrogens is 2. The lowest BCUT2D eigenvalue weighted by Gasteiger charge is -2.11. The second-order valence-corrected chi connectivity index (χ2v) is 4.73. The van der Waals surface area contributed by atoms with Crippen molar-refractivity contribution in [3.63, 3.8) is 0 Å². The van der Waals surface area contributed by atoms with Crippen LogP contribution in [-0.4, -0.2) is 36.6 Å². The standard InChI is InChI=1S/C16H20N2O4/c1-6-22-16(19)14-10(2)15(18(3)17-14)12-9-11(20-4)7-8-13(12)21-5/h7-9H,6H2,1-5H3. The molecule has 0 saturated carbocycles. The van der Waals surface area contributed by atoms with E-state index in [2.05, 4.69) is 5.10 Å². The highest BCUT2D eigenvalue weighted by atomic mass is 16.5. The van der Waals surface area contributed by atoms with Gasteiger partial charge in [-0.15, -0.1) is 0 Å². The van der Waals surface area contributed by atoms with E-state index in [9.17, 15) is 4.79 Å². The molecule has 6 heteroatoms. The molecule has 0 aliphatic heterocycles. The van der Waals surface area contributed by atoms with Crippen LogP contribution >= 0.6 is 0 Å². The summed E-state index contributed by atoms with van der Waals surface area (Å²) in [4.78, 5) is 12.0. The van der Waals surface area contributed by atoms with E-state index in [1.165, 1.54) is 0 Å². The Bertz CT molecular complexity index is 692. The number of methoxy groups -OCH3 is 2. The average molecular weight is 304 g/mol. The normalized spacial score (nSPS) is 10.4. The third-order valence-electron chi connectivity index (χ3n) is 3.41. The summed E-state index contributed by atoms with van der Waals surface area (Å²) in [5.41, 5.74) is 2.65. The molecule has 0 aliphatic rings. The summed E-state index contributed by atoms with van der Waals surface area (Å²) in [5, 5.41) is 4.28. The molecule has 2 rings (SSSR count). The molecule has 0 N–H and O–H groups in total. The summed E-state index contributed by atoms with van der Waals surface area (Å²) in [7, 11) is 4.99. The SMILES string of the molecule is CCOC(=O)c1nn(C)c(-c2cc(OC)ccc2OC)c1C. The fourth-order valence-corrected chi connectivity index (χ4v) is 2.40. The lowest BCUT2D eigenvalue weighted by atomic mass is 10.1. The Hall–Kier alpha value is -2.50. The molecule has 6 nitrogen and oxygen atoms in total. The lowest BCUT2D eigenvalue weighted by molar-refractivity contribution is 0.0517. The zero-order valence-electron chi connectivity index (χ0n) is 13.5. The van der Waals surface area contributed by atoms with Crippen molar-refractivity contribution < 1.29 is 19.0 Å². The Kier molecular flexibility index (Phi) is 4.70. The molecule has 0 bridgehead atoms. The molecule has 0 fully saturated rings. The topological polar surface area (TPSA) is 62.6 Å². The minimum absolute atomic E-state index is 0.309. The number of rotatable bonds is 5. The fourth-order valence-electron chi connectivity index (χ4n) is 2.40. The number of benzene rings is 1. The highest BCUT2D eigenvalue weighted by Gasteiger charge is 2.22. The molecule has 0 radical (unpaired) electrons.